The van der Waals surface area contributed by atoms with Gasteiger partial charge >= 0.3 is 5.97 Å². The fraction of sp³-hybridized carbons (Fsp3) is 0.390. The zero-order valence-corrected chi connectivity index (χ0v) is 29.7. The van der Waals surface area contributed by atoms with Crippen LogP contribution in [0.2, 0.25) is 0 Å². The molecule has 1 amide bonds. The van der Waals surface area contributed by atoms with Gasteiger partial charge in [-0.25, -0.2) is 4.98 Å². The van der Waals surface area contributed by atoms with Crippen LogP contribution >= 0.6 is 0 Å². The molecule has 53 heavy (non-hydrogen) atoms. The first-order chi connectivity index (χ1) is 25.7. The Hall–Kier alpha value is -5.35. The van der Waals surface area contributed by atoms with Crippen LogP contribution in [0, 0.1) is 24.2 Å². The Bertz CT molecular complexity index is 2320. The number of aliphatic carboxylic acids is 1. The second kappa shape index (κ2) is 13.3. The number of amides is 1. The van der Waals surface area contributed by atoms with E-state index in [0.717, 1.165) is 77.1 Å². The van der Waals surface area contributed by atoms with Crippen molar-refractivity contribution in [2.24, 2.45) is 5.92 Å². The zero-order valence-electron chi connectivity index (χ0n) is 29.7. The molecular weight excluding hydrogens is 670 g/mol. The number of carboxylic acids is 1. The van der Waals surface area contributed by atoms with E-state index in [9.17, 15) is 25.1 Å². The lowest BCUT2D eigenvalue weighted by atomic mass is 9.92. The number of anilines is 1. The van der Waals surface area contributed by atoms with Gasteiger partial charge in [0.2, 0.25) is 5.89 Å². The molecule has 4 aliphatic heterocycles. The van der Waals surface area contributed by atoms with E-state index in [2.05, 4.69) is 28.0 Å². The molecule has 2 saturated heterocycles. The standard InChI is InChI=1S/C41H41N7O5/c1-24-29(5-2-6-30(24)39-43-33-18-25(17-27(20-42)38(33)53-39)21-45-14-10-26(22-45)41(51)52)31-7-3-8-35-32(31)12-16-47(35)40(50)34-19-37-36(9-4-13-48(37)44-34)46-15-11-28(49)23-46/h2-3,5-8,17-19,26,28,36,49H,4,9-16,21-23H2,1H3,(H,51,52)/t26-,28-,36?/m1/s1. The van der Waals surface area contributed by atoms with Crippen molar-refractivity contribution in [1.82, 2.24) is 24.6 Å². The number of hydrogen-bond acceptors (Lipinski definition) is 9. The molecule has 0 bridgehead atoms. The van der Waals surface area contributed by atoms with E-state index in [0.29, 0.717) is 73.8 Å². The Morgan fingerprint density at radius 1 is 0.981 bits per heavy atom. The van der Waals surface area contributed by atoms with Gasteiger partial charge in [0.05, 0.1) is 29.3 Å². The van der Waals surface area contributed by atoms with Gasteiger partial charge in [-0.1, -0.05) is 24.3 Å². The summed E-state index contributed by atoms with van der Waals surface area (Å²) in [7, 11) is 0. The molecule has 3 aromatic carbocycles. The number of likely N-dealkylation sites (tertiary alicyclic amines) is 2. The molecule has 12 nitrogen and oxygen atoms in total. The molecule has 6 heterocycles. The molecule has 270 valence electrons. The molecule has 5 aromatic rings. The number of carbonyl (C=O) groups is 2. The fourth-order valence-electron chi connectivity index (χ4n) is 9.00. The first kappa shape index (κ1) is 33.5. The first-order valence-corrected chi connectivity index (χ1v) is 18.6. The predicted molar refractivity (Wildman–Crippen MR) is 197 cm³/mol. The summed E-state index contributed by atoms with van der Waals surface area (Å²) in [5.74, 6) is -0.814. The number of oxazole rings is 1. The summed E-state index contributed by atoms with van der Waals surface area (Å²) in [6.07, 6.45) is 3.80. The lowest BCUT2D eigenvalue weighted by Crippen LogP contribution is -2.32. The number of rotatable bonds is 7. The van der Waals surface area contributed by atoms with Gasteiger partial charge in [0.1, 0.15) is 11.6 Å². The molecular formula is C41H41N7O5. The number of nitrogens with zero attached hydrogens (tertiary/aromatic N) is 7. The highest BCUT2D eigenvalue weighted by atomic mass is 16.4. The number of nitriles is 1. The van der Waals surface area contributed by atoms with Crippen LogP contribution in [-0.4, -0.2) is 85.5 Å². The maximum Gasteiger partial charge on any atom is 0.307 e. The molecule has 2 N–H and O–H groups in total. The van der Waals surface area contributed by atoms with E-state index >= 15 is 0 Å². The van der Waals surface area contributed by atoms with Crippen LogP contribution in [0.15, 0.2) is 59.0 Å². The second-order valence-electron chi connectivity index (χ2n) is 14.9. The summed E-state index contributed by atoms with van der Waals surface area (Å²) >= 11 is 0. The van der Waals surface area contributed by atoms with Crippen LogP contribution in [0.1, 0.15) is 70.2 Å². The molecule has 0 aliphatic carbocycles. The molecule has 0 radical (unpaired) electrons. The number of hydrogen-bond donors (Lipinski definition) is 2. The van der Waals surface area contributed by atoms with Gasteiger partial charge < -0.3 is 19.5 Å². The van der Waals surface area contributed by atoms with Gasteiger partial charge in [0.15, 0.2) is 11.3 Å². The third-order valence-electron chi connectivity index (χ3n) is 11.7. The largest absolute Gasteiger partial charge is 0.481 e. The smallest absolute Gasteiger partial charge is 0.307 e. The van der Waals surface area contributed by atoms with Crippen LogP contribution in [0.25, 0.3) is 33.7 Å². The van der Waals surface area contributed by atoms with Crippen molar-refractivity contribution in [3.63, 3.8) is 0 Å². The third-order valence-corrected chi connectivity index (χ3v) is 11.7. The van der Waals surface area contributed by atoms with E-state index in [1.54, 1.807) is 0 Å². The number of fused-ring (bicyclic) bond motifs is 3. The fourth-order valence-corrected chi connectivity index (χ4v) is 9.00. The van der Waals surface area contributed by atoms with Gasteiger partial charge in [-0.05, 0) is 104 Å². The SMILES string of the molecule is Cc1c(-c2nc3cc(CN4CC[C@@H](C(=O)O)C4)cc(C#N)c3o2)cccc1-c1cccc2c1CCN2C(=O)c1cc2n(n1)CCCC2N1CC[C@@H](O)C1. The van der Waals surface area contributed by atoms with Gasteiger partial charge in [-0.15, -0.1) is 0 Å². The quantitative estimate of drug-likeness (QED) is 0.220. The highest BCUT2D eigenvalue weighted by molar-refractivity contribution is 6.07. The lowest BCUT2D eigenvalue weighted by molar-refractivity contribution is -0.141. The van der Waals surface area contributed by atoms with E-state index in [4.69, 9.17) is 14.5 Å². The summed E-state index contributed by atoms with van der Waals surface area (Å²) in [5, 5.41) is 34.4. The molecule has 0 saturated carbocycles. The van der Waals surface area contributed by atoms with E-state index in [-0.39, 0.29) is 24.0 Å². The topological polar surface area (TPSA) is 152 Å². The monoisotopic (exact) mass is 711 g/mol. The van der Waals surface area contributed by atoms with Crippen LogP contribution in [0.4, 0.5) is 5.69 Å². The van der Waals surface area contributed by atoms with Crippen LogP contribution in [0.5, 0.6) is 0 Å². The minimum atomic E-state index is -0.771. The van der Waals surface area contributed by atoms with Crippen LogP contribution in [0.3, 0.4) is 0 Å². The highest BCUT2D eigenvalue weighted by Crippen LogP contribution is 2.41. The average molecular weight is 712 g/mol. The Labute approximate surface area is 306 Å². The minimum absolute atomic E-state index is 0.0981. The van der Waals surface area contributed by atoms with Gasteiger partial charge in [-0.2, -0.15) is 10.4 Å². The number of carboxylic acid groups (broad SMARTS) is 1. The number of aliphatic hydroxyl groups is 1. The van der Waals surface area contributed by atoms with Crippen molar-refractivity contribution in [2.45, 2.75) is 64.3 Å². The van der Waals surface area contributed by atoms with E-state index < -0.39 is 5.97 Å². The number of carbonyl (C=O) groups excluding carboxylic acids is 1. The van der Waals surface area contributed by atoms with Crippen molar-refractivity contribution in [3.8, 4) is 28.7 Å². The molecule has 0 spiro atoms. The Morgan fingerprint density at radius 2 is 1.81 bits per heavy atom. The number of β-amino-alcohol motifs (C(OH)–C–C–N with tert-alkyl or cyclic N) is 1. The lowest BCUT2D eigenvalue weighted by Gasteiger charge is -2.31. The summed E-state index contributed by atoms with van der Waals surface area (Å²) in [4.78, 5) is 36.7. The second-order valence-corrected chi connectivity index (χ2v) is 14.9. The maximum atomic E-state index is 14.1. The van der Waals surface area contributed by atoms with Crippen LogP contribution < -0.4 is 4.90 Å². The van der Waals surface area contributed by atoms with Crippen molar-refractivity contribution in [1.29, 1.82) is 5.26 Å². The molecule has 1 unspecified atom stereocenters. The van der Waals surface area contributed by atoms with Crippen molar-refractivity contribution >= 4 is 28.7 Å². The van der Waals surface area contributed by atoms with E-state index in [1.807, 2.05) is 59.0 Å². The minimum Gasteiger partial charge on any atom is -0.481 e. The summed E-state index contributed by atoms with van der Waals surface area (Å²) in [6, 6.07) is 20.3. The Morgan fingerprint density at radius 3 is 2.60 bits per heavy atom. The molecule has 2 aromatic heterocycles. The number of aryl methyl sites for hydroxylation is 1. The average Bonchev–Trinajstić information content (AvgIpc) is 4.00. The molecule has 2 fully saturated rings. The molecule has 12 heteroatoms. The third kappa shape index (κ3) is 5.89. The summed E-state index contributed by atoms with van der Waals surface area (Å²) < 4.78 is 8.28. The van der Waals surface area contributed by atoms with Crippen molar-refractivity contribution in [3.05, 3.63) is 88.2 Å². The van der Waals surface area contributed by atoms with E-state index in [1.165, 1.54) is 0 Å². The first-order valence-electron chi connectivity index (χ1n) is 18.6. The van der Waals surface area contributed by atoms with Crippen molar-refractivity contribution in [2.75, 3.05) is 37.6 Å². The van der Waals surface area contributed by atoms with Crippen LogP contribution in [-0.2, 0) is 24.3 Å². The maximum absolute atomic E-state index is 14.1. The summed E-state index contributed by atoms with van der Waals surface area (Å²) in [6.45, 7) is 6.63. The number of aromatic nitrogens is 3. The van der Waals surface area contributed by atoms with Gasteiger partial charge in [0, 0.05) is 50.5 Å². The highest BCUT2D eigenvalue weighted by Gasteiger charge is 2.35. The number of aliphatic hydroxyl groups excluding tert-OH is 1. The Balaban J connectivity index is 0.995. The predicted octanol–water partition coefficient (Wildman–Crippen LogP) is 5.55. The molecule has 9 rings (SSSR count). The normalized spacial score (nSPS) is 21.6. The van der Waals surface area contributed by atoms with Crippen molar-refractivity contribution < 1.29 is 24.2 Å². The number of benzene rings is 3. The van der Waals surface area contributed by atoms with Gasteiger partial charge in [0.25, 0.3) is 5.91 Å². The Kier molecular flexibility index (Phi) is 8.37. The summed E-state index contributed by atoms with van der Waals surface area (Å²) in [5.41, 5.74) is 9.71. The van der Waals surface area contributed by atoms with Gasteiger partial charge in [-0.3, -0.25) is 24.1 Å². The molecule has 4 aliphatic rings. The molecule has 3 atom stereocenters. The zero-order chi connectivity index (χ0) is 36.4.